The van der Waals surface area contributed by atoms with Gasteiger partial charge in [-0.05, 0) is 31.2 Å². The molecule has 2 heterocycles. The smallest absolute Gasteiger partial charge is 0.226 e. The van der Waals surface area contributed by atoms with Crippen molar-refractivity contribution in [2.24, 2.45) is 5.92 Å². The number of hydrogen-bond donors (Lipinski definition) is 0. The Kier molecular flexibility index (Phi) is 5.56. The number of amides is 1. The number of likely N-dealkylation sites (tertiary alicyclic amines) is 1. The van der Waals surface area contributed by atoms with Crippen molar-refractivity contribution < 1.29 is 17.9 Å². The summed E-state index contributed by atoms with van der Waals surface area (Å²) in [6.07, 6.45) is 3.37. The average Bonchev–Trinajstić information content (AvgIpc) is 3.18. The summed E-state index contributed by atoms with van der Waals surface area (Å²) in [4.78, 5) is 14.2. The molecule has 24 heavy (non-hydrogen) atoms. The fourth-order valence-electron chi connectivity index (χ4n) is 3.48. The van der Waals surface area contributed by atoms with Gasteiger partial charge in [0.15, 0.2) is 9.84 Å². The molecule has 2 aliphatic rings. The zero-order valence-electron chi connectivity index (χ0n) is 13.9. The Balaban J connectivity index is 1.37. The number of ether oxygens (including phenoxy) is 1. The topological polar surface area (TPSA) is 63.7 Å². The number of hydrogen-bond acceptors (Lipinski definition) is 4. The maximum absolute atomic E-state index is 12.4. The first-order valence-electron chi connectivity index (χ1n) is 8.68. The minimum atomic E-state index is -3.01. The highest BCUT2D eigenvalue weighted by Crippen LogP contribution is 2.23. The molecule has 1 amide bonds. The molecular formula is C18H25NO4S. The van der Waals surface area contributed by atoms with Crippen LogP contribution in [0.25, 0.3) is 0 Å². The number of sulfone groups is 1. The Bertz CT molecular complexity index is 659. The molecule has 0 saturated carbocycles. The predicted molar refractivity (Wildman–Crippen MR) is 92.5 cm³/mol. The molecule has 0 bridgehead atoms. The van der Waals surface area contributed by atoms with Crippen molar-refractivity contribution in [1.29, 1.82) is 0 Å². The van der Waals surface area contributed by atoms with E-state index in [9.17, 15) is 13.2 Å². The standard InChI is InChI=1S/C18H25NO4S/c20-18(16-9-12-24(21,22)14-16)19-10-8-17(13-19)23-11-4-7-15-5-2-1-3-6-15/h1-3,5-6,16-17H,4,7-14H2. The fraction of sp³-hybridized carbons (Fsp3) is 0.611. The summed E-state index contributed by atoms with van der Waals surface area (Å²) >= 11 is 0. The first-order chi connectivity index (χ1) is 11.5. The van der Waals surface area contributed by atoms with Crippen molar-refractivity contribution in [3.05, 3.63) is 35.9 Å². The summed E-state index contributed by atoms with van der Waals surface area (Å²) < 4.78 is 28.9. The van der Waals surface area contributed by atoms with Crippen LogP contribution in [0.1, 0.15) is 24.8 Å². The second-order valence-electron chi connectivity index (χ2n) is 6.75. The molecule has 132 valence electrons. The molecule has 5 nitrogen and oxygen atoms in total. The highest BCUT2D eigenvalue weighted by molar-refractivity contribution is 7.91. The number of nitrogens with zero attached hydrogens (tertiary/aromatic N) is 1. The lowest BCUT2D eigenvalue weighted by Gasteiger charge is -2.20. The van der Waals surface area contributed by atoms with Gasteiger partial charge < -0.3 is 9.64 Å². The summed E-state index contributed by atoms with van der Waals surface area (Å²) in [6.45, 7) is 1.97. The van der Waals surface area contributed by atoms with Crippen LogP contribution in [0.5, 0.6) is 0 Å². The number of rotatable bonds is 6. The van der Waals surface area contributed by atoms with Gasteiger partial charge in [0.25, 0.3) is 0 Å². The lowest BCUT2D eigenvalue weighted by molar-refractivity contribution is -0.134. The summed E-state index contributed by atoms with van der Waals surface area (Å²) in [6, 6.07) is 10.3. The van der Waals surface area contributed by atoms with Crippen LogP contribution in [-0.4, -0.2) is 56.5 Å². The van der Waals surface area contributed by atoms with Crippen molar-refractivity contribution in [2.75, 3.05) is 31.2 Å². The van der Waals surface area contributed by atoms with Gasteiger partial charge >= 0.3 is 0 Å². The van der Waals surface area contributed by atoms with Gasteiger partial charge in [-0.2, -0.15) is 0 Å². The molecule has 2 saturated heterocycles. The quantitative estimate of drug-likeness (QED) is 0.732. The SMILES string of the molecule is O=C(C1CCS(=O)(=O)C1)N1CCC(OCCCc2ccccc2)C1. The molecule has 0 aromatic heterocycles. The zero-order chi connectivity index (χ0) is 17.0. The van der Waals surface area contributed by atoms with Crippen molar-refractivity contribution in [3.8, 4) is 0 Å². The van der Waals surface area contributed by atoms with Crippen LogP contribution < -0.4 is 0 Å². The molecule has 3 rings (SSSR count). The third-order valence-corrected chi connectivity index (χ3v) is 6.61. The van der Waals surface area contributed by atoms with Crippen molar-refractivity contribution in [2.45, 2.75) is 31.8 Å². The Morgan fingerprint density at radius 2 is 2.00 bits per heavy atom. The molecule has 0 radical (unpaired) electrons. The van der Waals surface area contributed by atoms with Crippen molar-refractivity contribution in [3.63, 3.8) is 0 Å². The molecule has 0 N–H and O–H groups in total. The van der Waals surface area contributed by atoms with Crippen molar-refractivity contribution >= 4 is 15.7 Å². The first-order valence-corrected chi connectivity index (χ1v) is 10.5. The number of carbonyl (C=O) groups excluding carboxylic acids is 1. The van der Waals surface area contributed by atoms with Gasteiger partial charge in [-0.15, -0.1) is 0 Å². The Labute approximate surface area is 143 Å². The third-order valence-electron chi connectivity index (χ3n) is 4.84. The Morgan fingerprint density at radius 1 is 1.21 bits per heavy atom. The highest BCUT2D eigenvalue weighted by Gasteiger charge is 2.37. The monoisotopic (exact) mass is 351 g/mol. The third kappa shape index (κ3) is 4.57. The van der Waals surface area contributed by atoms with E-state index in [1.54, 1.807) is 4.90 Å². The van der Waals surface area contributed by atoms with E-state index < -0.39 is 9.84 Å². The van der Waals surface area contributed by atoms with Gasteiger partial charge in [-0.25, -0.2) is 8.42 Å². The molecule has 0 aliphatic carbocycles. The predicted octanol–water partition coefficient (Wildman–Crippen LogP) is 1.67. The van der Waals surface area contributed by atoms with E-state index in [0.29, 0.717) is 26.1 Å². The van der Waals surface area contributed by atoms with E-state index in [1.807, 2.05) is 18.2 Å². The zero-order valence-corrected chi connectivity index (χ0v) is 14.7. The Hall–Kier alpha value is -1.40. The minimum absolute atomic E-state index is 0.00791. The fourth-order valence-corrected chi connectivity index (χ4v) is 5.22. The van der Waals surface area contributed by atoms with Gasteiger partial charge in [0.2, 0.25) is 5.91 Å². The lowest BCUT2D eigenvalue weighted by atomic mass is 10.1. The van der Waals surface area contributed by atoms with Gasteiger partial charge in [-0.3, -0.25) is 4.79 Å². The van der Waals surface area contributed by atoms with E-state index in [4.69, 9.17) is 4.74 Å². The molecular weight excluding hydrogens is 326 g/mol. The molecule has 1 aromatic rings. The summed E-state index contributed by atoms with van der Waals surface area (Å²) in [5, 5.41) is 0. The second kappa shape index (κ2) is 7.66. The summed E-state index contributed by atoms with van der Waals surface area (Å²) in [5.41, 5.74) is 1.31. The van der Waals surface area contributed by atoms with E-state index in [1.165, 1.54) is 5.56 Å². The van der Waals surface area contributed by atoms with Crippen LogP contribution >= 0.6 is 0 Å². The van der Waals surface area contributed by atoms with Crippen LogP contribution in [0.15, 0.2) is 30.3 Å². The van der Waals surface area contributed by atoms with E-state index in [2.05, 4.69) is 12.1 Å². The van der Waals surface area contributed by atoms with Crippen LogP contribution in [0, 0.1) is 5.92 Å². The molecule has 1 aromatic carbocycles. The van der Waals surface area contributed by atoms with Gasteiger partial charge in [0.1, 0.15) is 0 Å². The van der Waals surface area contributed by atoms with Crippen molar-refractivity contribution in [1.82, 2.24) is 4.90 Å². The van der Waals surface area contributed by atoms with Gasteiger partial charge in [0.05, 0.1) is 23.5 Å². The largest absolute Gasteiger partial charge is 0.376 e. The molecule has 0 spiro atoms. The molecule has 2 atom stereocenters. The van der Waals surface area contributed by atoms with Crippen LogP contribution in [0.3, 0.4) is 0 Å². The van der Waals surface area contributed by atoms with E-state index in [-0.39, 0.29) is 29.4 Å². The Morgan fingerprint density at radius 3 is 2.71 bits per heavy atom. The number of benzene rings is 1. The second-order valence-corrected chi connectivity index (χ2v) is 8.98. The summed E-state index contributed by atoms with van der Waals surface area (Å²) in [7, 11) is -3.01. The van der Waals surface area contributed by atoms with Gasteiger partial charge in [0, 0.05) is 19.7 Å². The number of carbonyl (C=O) groups is 1. The maximum Gasteiger partial charge on any atom is 0.226 e. The molecule has 2 unspecified atom stereocenters. The molecule has 6 heteroatoms. The van der Waals surface area contributed by atoms with Crippen LogP contribution in [0.2, 0.25) is 0 Å². The minimum Gasteiger partial charge on any atom is -0.376 e. The normalized spacial score (nSPS) is 25.9. The lowest BCUT2D eigenvalue weighted by Crippen LogP contribution is -2.35. The highest BCUT2D eigenvalue weighted by atomic mass is 32.2. The number of aryl methyl sites for hydroxylation is 1. The van der Waals surface area contributed by atoms with Crippen LogP contribution in [-0.2, 0) is 25.8 Å². The summed E-state index contributed by atoms with van der Waals surface area (Å²) in [5.74, 6) is -0.181. The molecule has 2 aliphatic heterocycles. The van der Waals surface area contributed by atoms with Gasteiger partial charge in [-0.1, -0.05) is 30.3 Å². The van der Waals surface area contributed by atoms with E-state index in [0.717, 1.165) is 19.3 Å². The molecule has 2 fully saturated rings. The average molecular weight is 351 g/mol. The maximum atomic E-state index is 12.4. The van der Waals surface area contributed by atoms with E-state index >= 15 is 0 Å². The van der Waals surface area contributed by atoms with Crippen LogP contribution in [0.4, 0.5) is 0 Å². The first kappa shape index (κ1) is 17.4.